The number of nitrogens with two attached hydrogens (primary N) is 1. The minimum Gasteiger partial charge on any atom is -0.481 e. The second kappa shape index (κ2) is 7.22. The van der Waals surface area contributed by atoms with Crippen LogP contribution in [0.3, 0.4) is 0 Å². The van der Waals surface area contributed by atoms with Crippen molar-refractivity contribution in [3.8, 4) is 0 Å². The van der Waals surface area contributed by atoms with Crippen LogP contribution in [0.4, 0.5) is 0 Å². The normalized spacial score (nSPS) is 16.2. The number of carbonyl (C=O) groups is 2. The fraction of sp³-hybridized carbons (Fsp3) is 0.818. The van der Waals surface area contributed by atoms with Gasteiger partial charge in [0.2, 0.25) is 5.91 Å². The quantitative estimate of drug-likeness (QED) is 0.596. The SMILES string of the molecule is CCC(CNC(=O)[C@@H](N)C(C)CC)C(=O)O. The molecule has 94 valence electrons. The first-order valence-corrected chi connectivity index (χ1v) is 5.70. The van der Waals surface area contributed by atoms with Gasteiger partial charge in [-0.3, -0.25) is 9.59 Å². The summed E-state index contributed by atoms with van der Waals surface area (Å²) in [6.07, 6.45) is 1.32. The Morgan fingerprint density at radius 1 is 1.31 bits per heavy atom. The lowest BCUT2D eigenvalue weighted by Crippen LogP contribution is -2.46. The van der Waals surface area contributed by atoms with Crippen LogP contribution in [-0.4, -0.2) is 29.6 Å². The smallest absolute Gasteiger partial charge is 0.308 e. The molecule has 4 N–H and O–H groups in total. The zero-order valence-electron chi connectivity index (χ0n) is 10.2. The molecule has 0 aromatic carbocycles. The van der Waals surface area contributed by atoms with Gasteiger partial charge in [0.15, 0.2) is 0 Å². The van der Waals surface area contributed by atoms with Gasteiger partial charge in [-0.15, -0.1) is 0 Å². The molecule has 0 heterocycles. The second-order valence-electron chi connectivity index (χ2n) is 4.10. The molecule has 2 unspecified atom stereocenters. The summed E-state index contributed by atoms with van der Waals surface area (Å²) in [5, 5.41) is 11.4. The molecular formula is C11H22N2O3. The topological polar surface area (TPSA) is 92.4 Å². The Morgan fingerprint density at radius 2 is 1.88 bits per heavy atom. The summed E-state index contributed by atoms with van der Waals surface area (Å²) in [7, 11) is 0. The molecule has 5 nitrogen and oxygen atoms in total. The fourth-order valence-electron chi connectivity index (χ4n) is 1.26. The number of amides is 1. The molecule has 0 saturated heterocycles. The molecule has 0 fully saturated rings. The third kappa shape index (κ3) is 4.61. The van der Waals surface area contributed by atoms with Gasteiger partial charge in [-0.2, -0.15) is 0 Å². The largest absolute Gasteiger partial charge is 0.481 e. The van der Waals surface area contributed by atoms with Crippen molar-refractivity contribution in [3.63, 3.8) is 0 Å². The Kier molecular flexibility index (Phi) is 6.72. The number of rotatable bonds is 7. The molecule has 0 bridgehead atoms. The van der Waals surface area contributed by atoms with Gasteiger partial charge in [0.1, 0.15) is 0 Å². The van der Waals surface area contributed by atoms with Crippen molar-refractivity contribution in [1.82, 2.24) is 5.32 Å². The van der Waals surface area contributed by atoms with Gasteiger partial charge < -0.3 is 16.2 Å². The van der Waals surface area contributed by atoms with Gasteiger partial charge in [-0.05, 0) is 12.3 Å². The molecule has 0 rings (SSSR count). The molecule has 0 aliphatic carbocycles. The maximum atomic E-state index is 11.6. The van der Waals surface area contributed by atoms with Crippen molar-refractivity contribution in [3.05, 3.63) is 0 Å². The van der Waals surface area contributed by atoms with Gasteiger partial charge in [-0.1, -0.05) is 27.2 Å². The zero-order chi connectivity index (χ0) is 12.7. The van der Waals surface area contributed by atoms with Crippen LogP contribution in [0.15, 0.2) is 0 Å². The lowest BCUT2D eigenvalue weighted by Gasteiger charge is -2.19. The Labute approximate surface area is 96.4 Å². The summed E-state index contributed by atoms with van der Waals surface area (Å²) < 4.78 is 0. The molecule has 1 amide bonds. The minimum absolute atomic E-state index is 0.102. The first-order chi connectivity index (χ1) is 7.43. The van der Waals surface area contributed by atoms with E-state index in [1.165, 1.54) is 0 Å². The molecule has 16 heavy (non-hydrogen) atoms. The van der Waals surface area contributed by atoms with E-state index in [0.29, 0.717) is 6.42 Å². The van der Waals surface area contributed by atoms with Crippen molar-refractivity contribution in [2.75, 3.05) is 6.54 Å². The first-order valence-electron chi connectivity index (χ1n) is 5.70. The Balaban J connectivity index is 4.10. The fourth-order valence-corrected chi connectivity index (χ4v) is 1.26. The van der Waals surface area contributed by atoms with Crippen LogP contribution in [0.5, 0.6) is 0 Å². The average molecular weight is 230 g/mol. The third-order valence-corrected chi connectivity index (χ3v) is 2.92. The van der Waals surface area contributed by atoms with Gasteiger partial charge in [-0.25, -0.2) is 0 Å². The number of aliphatic carboxylic acids is 1. The van der Waals surface area contributed by atoms with Crippen LogP contribution in [0.1, 0.15) is 33.6 Å². The average Bonchev–Trinajstić information content (AvgIpc) is 2.26. The standard InChI is InChI=1S/C11H22N2O3/c1-4-7(3)9(12)10(14)13-6-8(5-2)11(15)16/h7-9H,4-6,12H2,1-3H3,(H,13,14)(H,15,16)/t7?,8?,9-/m0/s1. The highest BCUT2D eigenvalue weighted by Crippen LogP contribution is 2.06. The maximum Gasteiger partial charge on any atom is 0.308 e. The number of carboxylic acid groups (broad SMARTS) is 1. The first kappa shape index (κ1) is 14.9. The van der Waals surface area contributed by atoms with E-state index in [4.69, 9.17) is 10.8 Å². The third-order valence-electron chi connectivity index (χ3n) is 2.92. The molecule has 3 atom stereocenters. The summed E-state index contributed by atoms with van der Waals surface area (Å²) >= 11 is 0. The number of carboxylic acids is 1. The lowest BCUT2D eigenvalue weighted by molar-refractivity contribution is -0.141. The molecule has 0 aromatic heterocycles. The molecule has 0 aromatic rings. The van der Waals surface area contributed by atoms with Crippen molar-refractivity contribution in [1.29, 1.82) is 0 Å². The summed E-state index contributed by atoms with van der Waals surface area (Å²) in [6, 6.07) is -0.559. The highest BCUT2D eigenvalue weighted by Gasteiger charge is 2.21. The van der Waals surface area contributed by atoms with E-state index in [2.05, 4.69) is 5.32 Å². The predicted molar refractivity (Wildman–Crippen MR) is 61.9 cm³/mol. The molecular weight excluding hydrogens is 208 g/mol. The van der Waals surface area contributed by atoms with Crippen LogP contribution in [-0.2, 0) is 9.59 Å². The van der Waals surface area contributed by atoms with Crippen molar-refractivity contribution < 1.29 is 14.7 Å². The molecule has 5 heteroatoms. The predicted octanol–water partition coefficient (Wildman–Crippen LogP) is 0.587. The summed E-state index contributed by atoms with van der Waals surface area (Å²) in [5.74, 6) is -1.59. The molecule has 0 radical (unpaired) electrons. The molecule has 0 spiro atoms. The minimum atomic E-state index is -0.889. The van der Waals surface area contributed by atoms with Crippen LogP contribution < -0.4 is 11.1 Å². The molecule has 0 saturated carbocycles. The second-order valence-corrected chi connectivity index (χ2v) is 4.10. The van der Waals surface area contributed by atoms with E-state index in [-0.39, 0.29) is 18.4 Å². The van der Waals surface area contributed by atoms with E-state index in [9.17, 15) is 9.59 Å². The number of hydrogen-bond donors (Lipinski definition) is 3. The van der Waals surface area contributed by atoms with Crippen LogP contribution in [0.2, 0.25) is 0 Å². The summed E-state index contributed by atoms with van der Waals surface area (Å²) in [5.41, 5.74) is 5.72. The van der Waals surface area contributed by atoms with E-state index in [1.54, 1.807) is 6.92 Å². The number of carbonyl (C=O) groups excluding carboxylic acids is 1. The summed E-state index contributed by atoms with van der Waals surface area (Å²) in [4.78, 5) is 22.3. The highest BCUT2D eigenvalue weighted by molar-refractivity contribution is 5.82. The molecule has 0 aliphatic rings. The van der Waals surface area contributed by atoms with Crippen LogP contribution in [0, 0.1) is 11.8 Å². The summed E-state index contributed by atoms with van der Waals surface area (Å²) in [6.45, 7) is 5.79. The van der Waals surface area contributed by atoms with Crippen LogP contribution >= 0.6 is 0 Å². The van der Waals surface area contributed by atoms with Crippen LogP contribution in [0.25, 0.3) is 0 Å². The Hall–Kier alpha value is -1.10. The lowest BCUT2D eigenvalue weighted by atomic mass is 9.99. The number of nitrogens with one attached hydrogen (secondary N) is 1. The Bertz CT molecular complexity index is 243. The van der Waals surface area contributed by atoms with Gasteiger partial charge in [0, 0.05) is 6.54 Å². The van der Waals surface area contributed by atoms with Gasteiger partial charge in [0.25, 0.3) is 0 Å². The number of hydrogen-bond acceptors (Lipinski definition) is 3. The highest BCUT2D eigenvalue weighted by atomic mass is 16.4. The molecule has 0 aliphatic heterocycles. The van der Waals surface area contributed by atoms with Gasteiger partial charge in [0.05, 0.1) is 12.0 Å². The van der Waals surface area contributed by atoms with Crippen molar-refractivity contribution in [2.24, 2.45) is 17.6 Å². The maximum absolute atomic E-state index is 11.6. The van der Waals surface area contributed by atoms with Gasteiger partial charge >= 0.3 is 5.97 Å². The monoisotopic (exact) mass is 230 g/mol. The van der Waals surface area contributed by atoms with E-state index >= 15 is 0 Å². The van der Waals surface area contributed by atoms with E-state index < -0.39 is 17.9 Å². The zero-order valence-corrected chi connectivity index (χ0v) is 10.2. The Morgan fingerprint density at radius 3 is 2.25 bits per heavy atom. The van der Waals surface area contributed by atoms with Crippen molar-refractivity contribution in [2.45, 2.75) is 39.7 Å². The van der Waals surface area contributed by atoms with E-state index in [0.717, 1.165) is 6.42 Å². The van der Waals surface area contributed by atoms with E-state index in [1.807, 2.05) is 13.8 Å². The van der Waals surface area contributed by atoms with Crippen molar-refractivity contribution >= 4 is 11.9 Å².